The maximum absolute atomic E-state index is 14.5. The highest BCUT2D eigenvalue weighted by molar-refractivity contribution is 7.11. The van der Waals surface area contributed by atoms with Crippen LogP contribution in [-0.4, -0.2) is 43.8 Å². The van der Waals surface area contributed by atoms with E-state index >= 15 is 0 Å². The predicted molar refractivity (Wildman–Crippen MR) is 113 cm³/mol. The molecule has 3 rings (SSSR count). The number of hydrogen-bond donors (Lipinski definition) is 2. The smallest absolute Gasteiger partial charge is 0.191 e. The molecule has 0 aliphatic carbocycles. The molecule has 6 nitrogen and oxygen atoms in total. The molecule has 2 aromatic rings. The Bertz CT molecular complexity index is 797. The van der Waals surface area contributed by atoms with Crippen molar-refractivity contribution in [2.75, 3.05) is 37.7 Å². The molecule has 2 heterocycles. The zero-order valence-electron chi connectivity index (χ0n) is 16.7. The number of hydrogen-bond acceptors (Lipinski definition) is 5. The van der Waals surface area contributed by atoms with E-state index in [0.717, 1.165) is 35.9 Å². The number of nitrogens with zero attached hydrogens (tertiary/aromatic N) is 3. The Kier molecular flexibility index (Phi) is 7.22. The summed E-state index contributed by atoms with van der Waals surface area (Å²) in [5.74, 6) is 0.493. The van der Waals surface area contributed by atoms with Crippen molar-refractivity contribution in [1.29, 1.82) is 0 Å². The number of anilines is 1. The first kappa shape index (κ1) is 20.5. The molecular formula is C20H28FN5OS. The summed E-state index contributed by atoms with van der Waals surface area (Å²) in [4.78, 5) is 12.4. The van der Waals surface area contributed by atoms with Crippen LogP contribution < -0.4 is 15.5 Å². The van der Waals surface area contributed by atoms with Crippen LogP contribution in [0.3, 0.4) is 0 Å². The van der Waals surface area contributed by atoms with Crippen molar-refractivity contribution >= 4 is 23.0 Å². The molecule has 0 saturated carbocycles. The lowest BCUT2D eigenvalue weighted by atomic mass is 10.1. The van der Waals surface area contributed by atoms with Gasteiger partial charge in [0.25, 0.3) is 0 Å². The summed E-state index contributed by atoms with van der Waals surface area (Å²) in [6, 6.07) is 5.35. The number of benzene rings is 1. The Morgan fingerprint density at radius 2 is 2.07 bits per heavy atom. The molecule has 2 N–H and O–H groups in total. The number of aromatic nitrogens is 1. The molecule has 0 atom stereocenters. The molecule has 0 amide bonds. The predicted octanol–water partition coefficient (Wildman–Crippen LogP) is 2.99. The molecule has 152 valence electrons. The normalized spacial score (nSPS) is 15.0. The Morgan fingerprint density at radius 1 is 1.29 bits per heavy atom. The second kappa shape index (κ2) is 9.84. The van der Waals surface area contributed by atoms with Gasteiger partial charge in [0.05, 0.1) is 37.7 Å². The highest BCUT2D eigenvalue weighted by Gasteiger charge is 2.15. The fourth-order valence-corrected chi connectivity index (χ4v) is 3.87. The SMILES string of the molecule is CCNC(=NCc1ccc(N2CCOCC2)c(F)c1)NCc1nc(C)c(C)s1. The molecule has 28 heavy (non-hydrogen) atoms. The number of thiazole rings is 1. The number of guanidine groups is 1. The van der Waals surface area contributed by atoms with Gasteiger partial charge >= 0.3 is 0 Å². The minimum absolute atomic E-state index is 0.207. The molecule has 0 radical (unpaired) electrons. The highest BCUT2D eigenvalue weighted by Crippen LogP contribution is 2.22. The van der Waals surface area contributed by atoms with E-state index in [-0.39, 0.29) is 5.82 Å². The van der Waals surface area contributed by atoms with Crippen molar-refractivity contribution in [1.82, 2.24) is 15.6 Å². The Morgan fingerprint density at radius 3 is 2.71 bits per heavy atom. The number of morpholine rings is 1. The van der Waals surface area contributed by atoms with E-state index in [1.165, 1.54) is 4.88 Å². The van der Waals surface area contributed by atoms with Gasteiger partial charge in [-0.05, 0) is 38.5 Å². The van der Waals surface area contributed by atoms with Crippen LogP contribution in [-0.2, 0) is 17.8 Å². The molecule has 0 bridgehead atoms. The van der Waals surface area contributed by atoms with Gasteiger partial charge in [-0.25, -0.2) is 14.4 Å². The second-order valence-corrected chi connectivity index (χ2v) is 7.97. The van der Waals surface area contributed by atoms with Crippen LogP contribution in [0.2, 0.25) is 0 Å². The highest BCUT2D eigenvalue weighted by atomic mass is 32.1. The minimum atomic E-state index is -0.207. The van der Waals surface area contributed by atoms with Crippen LogP contribution in [0, 0.1) is 19.7 Å². The van der Waals surface area contributed by atoms with Crippen LogP contribution in [0.15, 0.2) is 23.2 Å². The lowest BCUT2D eigenvalue weighted by Gasteiger charge is -2.29. The molecular weight excluding hydrogens is 377 g/mol. The van der Waals surface area contributed by atoms with E-state index in [2.05, 4.69) is 27.5 Å². The molecule has 1 saturated heterocycles. The third-order valence-corrected chi connectivity index (χ3v) is 5.68. The van der Waals surface area contributed by atoms with E-state index in [0.29, 0.717) is 38.0 Å². The van der Waals surface area contributed by atoms with Crippen LogP contribution in [0.25, 0.3) is 0 Å². The van der Waals surface area contributed by atoms with Crippen LogP contribution in [0.4, 0.5) is 10.1 Å². The minimum Gasteiger partial charge on any atom is -0.378 e. The van der Waals surface area contributed by atoms with Gasteiger partial charge in [0.1, 0.15) is 10.8 Å². The summed E-state index contributed by atoms with van der Waals surface area (Å²) in [6.45, 7) is 10.6. The quantitative estimate of drug-likeness (QED) is 0.572. The van der Waals surface area contributed by atoms with E-state index in [1.54, 1.807) is 17.4 Å². The third kappa shape index (κ3) is 5.42. The van der Waals surface area contributed by atoms with E-state index in [9.17, 15) is 4.39 Å². The summed E-state index contributed by atoms with van der Waals surface area (Å²) in [6.07, 6.45) is 0. The maximum atomic E-state index is 14.5. The van der Waals surface area contributed by atoms with E-state index in [4.69, 9.17) is 4.74 Å². The van der Waals surface area contributed by atoms with Gasteiger partial charge in [-0.1, -0.05) is 6.07 Å². The molecule has 1 aliphatic rings. The lowest BCUT2D eigenvalue weighted by Crippen LogP contribution is -2.37. The number of rotatable bonds is 6. The molecule has 1 aromatic heterocycles. The average Bonchev–Trinajstić information content (AvgIpc) is 3.02. The van der Waals surface area contributed by atoms with E-state index in [1.807, 2.05) is 30.9 Å². The van der Waals surface area contributed by atoms with Gasteiger partial charge in [0.15, 0.2) is 5.96 Å². The number of nitrogens with one attached hydrogen (secondary N) is 2. The maximum Gasteiger partial charge on any atom is 0.191 e. The average molecular weight is 406 g/mol. The molecule has 1 aromatic carbocycles. The van der Waals surface area contributed by atoms with Crippen molar-refractivity contribution in [2.24, 2.45) is 4.99 Å². The topological polar surface area (TPSA) is 61.8 Å². The number of aryl methyl sites for hydroxylation is 2. The summed E-state index contributed by atoms with van der Waals surface area (Å²) < 4.78 is 19.9. The van der Waals surface area contributed by atoms with Gasteiger partial charge in [0, 0.05) is 24.5 Å². The Balaban J connectivity index is 1.62. The number of halogens is 1. The zero-order chi connectivity index (χ0) is 19.9. The largest absolute Gasteiger partial charge is 0.378 e. The molecule has 0 unspecified atom stereocenters. The summed E-state index contributed by atoms with van der Waals surface area (Å²) in [5.41, 5.74) is 2.54. The van der Waals surface area contributed by atoms with Crippen molar-refractivity contribution in [3.05, 3.63) is 45.2 Å². The number of ether oxygens (including phenoxy) is 1. The standard InChI is InChI=1S/C20H28FN5OS/c1-4-22-20(24-13-19-25-14(2)15(3)28-19)23-12-16-5-6-18(17(21)11-16)26-7-9-27-10-8-26/h5-6,11H,4,7-10,12-13H2,1-3H3,(H2,22,23,24). The first-order valence-corrected chi connectivity index (χ1v) is 10.4. The first-order valence-electron chi connectivity index (χ1n) is 9.63. The monoisotopic (exact) mass is 405 g/mol. The van der Waals surface area contributed by atoms with Crippen molar-refractivity contribution in [3.63, 3.8) is 0 Å². The lowest BCUT2D eigenvalue weighted by molar-refractivity contribution is 0.122. The molecule has 1 fully saturated rings. The van der Waals surface area contributed by atoms with Crippen molar-refractivity contribution < 1.29 is 9.13 Å². The summed E-state index contributed by atoms with van der Waals surface area (Å²) >= 11 is 1.69. The van der Waals surface area contributed by atoms with Gasteiger partial charge in [0.2, 0.25) is 0 Å². The Labute approximate surface area is 169 Å². The fraction of sp³-hybridized carbons (Fsp3) is 0.500. The second-order valence-electron chi connectivity index (χ2n) is 6.68. The van der Waals surface area contributed by atoms with Crippen LogP contribution >= 0.6 is 11.3 Å². The van der Waals surface area contributed by atoms with Gasteiger partial charge in [-0.2, -0.15) is 0 Å². The van der Waals surface area contributed by atoms with Gasteiger partial charge < -0.3 is 20.3 Å². The number of aliphatic imine (C=N–C) groups is 1. The molecule has 0 spiro atoms. The zero-order valence-corrected chi connectivity index (χ0v) is 17.5. The fourth-order valence-electron chi connectivity index (χ4n) is 3.00. The molecule has 1 aliphatic heterocycles. The van der Waals surface area contributed by atoms with Crippen LogP contribution in [0.5, 0.6) is 0 Å². The first-order chi connectivity index (χ1) is 13.6. The van der Waals surface area contributed by atoms with Crippen LogP contribution in [0.1, 0.15) is 28.1 Å². The Hall–Kier alpha value is -2.19. The third-order valence-electron chi connectivity index (χ3n) is 4.61. The summed E-state index contributed by atoms with van der Waals surface area (Å²) in [5, 5.41) is 7.55. The van der Waals surface area contributed by atoms with Crippen molar-refractivity contribution in [2.45, 2.75) is 33.9 Å². The van der Waals surface area contributed by atoms with Gasteiger partial charge in [-0.15, -0.1) is 11.3 Å². The van der Waals surface area contributed by atoms with Gasteiger partial charge in [-0.3, -0.25) is 0 Å². The molecule has 8 heteroatoms. The summed E-state index contributed by atoms with van der Waals surface area (Å²) in [7, 11) is 0. The van der Waals surface area contributed by atoms with Crippen molar-refractivity contribution in [3.8, 4) is 0 Å². The van der Waals surface area contributed by atoms with E-state index < -0.39 is 0 Å².